The number of amides is 1. The van der Waals surface area contributed by atoms with Crippen molar-refractivity contribution in [1.29, 1.82) is 0 Å². The van der Waals surface area contributed by atoms with E-state index in [1.165, 1.54) is 0 Å². The summed E-state index contributed by atoms with van der Waals surface area (Å²) in [5.41, 5.74) is 2.46. The molecule has 0 bridgehead atoms. The lowest BCUT2D eigenvalue weighted by Gasteiger charge is -2.18. The molecular formula is C16H18N2O2. The second-order valence-electron chi connectivity index (χ2n) is 4.39. The average Bonchev–Trinajstić information content (AvgIpc) is 2.53. The van der Waals surface area contributed by atoms with Gasteiger partial charge in [-0.05, 0) is 48.5 Å². The van der Waals surface area contributed by atoms with E-state index in [-0.39, 0.29) is 5.91 Å². The summed E-state index contributed by atoms with van der Waals surface area (Å²) >= 11 is 0. The number of nitrogens with zero attached hydrogens (tertiary/aromatic N) is 1. The van der Waals surface area contributed by atoms with Crippen LogP contribution in [0.1, 0.15) is 10.4 Å². The maximum Gasteiger partial charge on any atom is 0.258 e. The van der Waals surface area contributed by atoms with Crippen LogP contribution in [0.15, 0.2) is 48.5 Å². The van der Waals surface area contributed by atoms with Crippen molar-refractivity contribution in [3.8, 4) is 5.75 Å². The van der Waals surface area contributed by atoms with Crippen molar-refractivity contribution in [2.24, 2.45) is 0 Å². The number of hydrogen-bond donors (Lipinski definition) is 1. The zero-order valence-electron chi connectivity index (χ0n) is 11.9. The van der Waals surface area contributed by atoms with Gasteiger partial charge in [-0.1, -0.05) is 0 Å². The van der Waals surface area contributed by atoms with Crippen LogP contribution in [0.4, 0.5) is 11.4 Å². The molecule has 0 heterocycles. The molecule has 0 atom stereocenters. The highest BCUT2D eigenvalue weighted by Gasteiger charge is 2.13. The second kappa shape index (κ2) is 6.10. The SMILES string of the molecule is CNc1ccc(C(=O)N(C)c2ccc(OC)cc2)cc1. The van der Waals surface area contributed by atoms with E-state index in [1.807, 2.05) is 55.6 Å². The molecule has 0 aromatic heterocycles. The van der Waals surface area contributed by atoms with E-state index in [0.717, 1.165) is 17.1 Å². The topological polar surface area (TPSA) is 41.6 Å². The zero-order chi connectivity index (χ0) is 14.5. The van der Waals surface area contributed by atoms with Crippen molar-refractivity contribution >= 4 is 17.3 Å². The largest absolute Gasteiger partial charge is 0.497 e. The molecule has 2 aromatic rings. The Morgan fingerprint density at radius 1 is 1.05 bits per heavy atom. The van der Waals surface area contributed by atoms with E-state index in [0.29, 0.717) is 5.56 Å². The Labute approximate surface area is 119 Å². The van der Waals surface area contributed by atoms with E-state index in [1.54, 1.807) is 19.1 Å². The highest BCUT2D eigenvalue weighted by atomic mass is 16.5. The van der Waals surface area contributed by atoms with E-state index in [9.17, 15) is 4.79 Å². The minimum atomic E-state index is -0.0437. The van der Waals surface area contributed by atoms with Crippen LogP contribution in [0.5, 0.6) is 5.75 Å². The van der Waals surface area contributed by atoms with Crippen molar-refractivity contribution in [2.75, 3.05) is 31.4 Å². The maximum absolute atomic E-state index is 12.4. The van der Waals surface area contributed by atoms with Gasteiger partial charge in [-0.25, -0.2) is 0 Å². The normalized spacial score (nSPS) is 9.95. The standard InChI is InChI=1S/C16H18N2O2/c1-17-13-6-4-12(5-7-13)16(19)18(2)14-8-10-15(20-3)11-9-14/h4-11,17H,1-3H3. The van der Waals surface area contributed by atoms with Gasteiger partial charge in [0.2, 0.25) is 0 Å². The van der Waals surface area contributed by atoms with Gasteiger partial charge in [-0.3, -0.25) is 4.79 Å². The summed E-state index contributed by atoms with van der Waals surface area (Å²) in [5, 5.41) is 3.03. The van der Waals surface area contributed by atoms with Crippen molar-refractivity contribution in [3.05, 3.63) is 54.1 Å². The molecule has 2 rings (SSSR count). The number of methoxy groups -OCH3 is 1. The van der Waals surface area contributed by atoms with Gasteiger partial charge in [0.25, 0.3) is 5.91 Å². The van der Waals surface area contributed by atoms with Gasteiger partial charge in [0, 0.05) is 31.0 Å². The predicted molar refractivity (Wildman–Crippen MR) is 81.7 cm³/mol. The Morgan fingerprint density at radius 2 is 1.65 bits per heavy atom. The molecule has 104 valence electrons. The molecule has 0 aliphatic rings. The number of carbonyl (C=O) groups excluding carboxylic acids is 1. The summed E-state index contributed by atoms with van der Waals surface area (Å²) in [6, 6.07) is 14.8. The number of nitrogens with one attached hydrogen (secondary N) is 1. The van der Waals surface area contributed by atoms with Crippen molar-refractivity contribution in [2.45, 2.75) is 0 Å². The first-order valence-corrected chi connectivity index (χ1v) is 6.35. The Hall–Kier alpha value is -2.49. The van der Waals surface area contributed by atoms with E-state index in [2.05, 4.69) is 5.32 Å². The first-order chi connectivity index (χ1) is 9.65. The highest BCUT2D eigenvalue weighted by molar-refractivity contribution is 6.05. The summed E-state index contributed by atoms with van der Waals surface area (Å²) in [6.07, 6.45) is 0. The fourth-order valence-electron chi connectivity index (χ4n) is 1.90. The summed E-state index contributed by atoms with van der Waals surface area (Å²) in [6.45, 7) is 0. The third-order valence-electron chi connectivity index (χ3n) is 3.18. The highest BCUT2D eigenvalue weighted by Crippen LogP contribution is 2.20. The summed E-state index contributed by atoms with van der Waals surface area (Å²) in [7, 11) is 5.23. The molecule has 0 radical (unpaired) electrons. The molecular weight excluding hydrogens is 252 g/mol. The number of benzene rings is 2. The van der Waals surface area contributed by atoms with Crippen molar-refractivity contribution in [3.63, 3.8) is 0 Å². The Morgan fingerprint density at radius 3 is 2.15 bits per heavy atom. The van der Waals surface area contributed by atoms with Crippen molar-refractivity contribution in [1.82, 2.24) is 0 Å². The molecule has 0 aliphatic heterocycles. The van der Waals surface area contributed by atoms with Gasteiger partial charge in [-0.15, -0.1) is 0 Å². The first-order valence-electron chi connectivity index (χ1n) is 6.35. The average molecular weight is 270 g/mol. The molecule has 2 aromatic carbocycles. The minimum absolute atomic E-state index is 0.0437. The molecule has 0 aliphatic carbocycles. The summed E-state index contributed by atoms with van der Waals surface area (Å²) < 4.78 is 5.11. The lowest BCUT2D eigenvalue weighted by Crippen LogP contribution is -2.26. The monoisotopic (exact) mass is 270 g/mol. The van der Waals surface area contributed by atoms with Gasteiger partial charge in [-0.2, -0.15) is 0 Å². The molecule has 1 N–H and O–H groups in total. The number of ether oxygens (including phenoxy) is 1. The molecule has 0 fully saturated rings. The van der Waals surface area contributed by atoms with Gasteiger partial charge in [0.15, 0.2) is 0 Å². The lowest BCUT2D eigenvalue weighted by atomic mass is 10.1. The number of hydrogen-bond acceptors (Lipinski definition) is 3. The second-order valence-corrected chi connectivity index (χ2v) is 4.39. The van der Waals surface area contributed by atoms with Crippen molar-refractivity contribution < 1.29 is 9.53 Å². The first kappa shape index (κ1) is 13.9. The van der Waals surface area contributed by atoms with E-state index in [4.69, 9.17) is 4.74 Å². The van der Waals surface area contributed by atoms with Crippen LogP contribution in [-0.4, -0.2) is 27.1 Å². The van der Waals surface area contributed by atoms with Gasteiger partial charge < -0.3 is 15.0 Å². The Kier molecular flexibility index (Phi) is 4.25. The van der Waals surface area contributed by atoms with Gasteiger partial charge in [0.05, 0.1) is 7.11 Å². The minimum Gasteiger partial charge on any atom is -0.497 e. The van der Waals surface area contributed by atoms with Crippen LogP contribution in [-0.2, 0) is 0 Å². The molecule has 4 heteroatoms. The van der Waals surface area contributed by atoms with Crippen LogP contribution < -0.4 is 15.0 Å². The number of rotatable bonds is 4. The molecule has 1 amide bonds. The molecule has 0 unspecified atom stereocenters. The third-order valence-corrected chi connectivity index (χ3v) is 3.18. The Balaban J connectivity index is 2.17. The van der Waals surface area contributed by atoms with Crippen LogP contribution in [0.25, 0.3) is 0 Å². The van der Waals surface area contributed by atoms with Gasteiger partial charge >= 0.3 is 0 Å². The molecule has 0 saturated heterocycles. The number of anilines is 2. The van der Waals surface area contributed by atoms with E-state index < -0.39 is 0 Å². The van der Waals surface area contributed by atoms with E-state index >= 15 is 0 Å². The summed E-state index contributed by atoms with van der Waals surface area (Å²) in [5.74, 6) is 0.728. The maximum atomic E-state index is 12.4. The third kappa shape index (κ3) is 2.91. The van der Waals surface area contributed by atoms with Crippen LogP contribution in [0.2, 0.25) is 0 Å². The molecule has 0 saturated carbocycles. The Bertz CT molecular complexity index is 576. The zero-order valence-corrected chi connectivity index (χ0v) is 11.9. The fourth-order valence-corrected chi connectivity index (χ4v) is 1.90. The predicted octanol–water partition coefficient (Wildman–Crippen LogP) is 3.01. The summed E-state index contributed by atoms with van der Waals surface area (Å²) in [4.78, 5) is 14.0. The lowest BCUT2D eigenvalue weighted by molar-refractivity contribution is 0.0993. The van der Waals surface area contributed by atoms with Gasteiger partial charge in [0.1, 0.15) is 5.75 Å². The smallest absolute Gasteiger partial charge is 0.258 e. The molecule has 0 spiro atoms. The quantitative estimate of drug-likeness (QED) is 0.928. The number of carbonyl (C=O) groups is 1. The fraction of sp³-hybridized carbons (Fsp3) is 0.188. The van der Waals surface area contributed by atoms with Crippen LogP contribution >= 0.6 is 0 Å². The molecule has 20 heavy (non-hydrogen) atoms. The van der Waals surface area contributed by atoms with Crippen LogP contribution in [0.3, 0.4) is 0 Å². The molecule has 4 nitrogen and oxygen atoms in total. The van der Waals surface area contributed by atoms with Crippen LogP contribution in [0, 0.1) is 0 Å².